The van der Waals surface area contributed by atoms with Gasteiger partial charge in [0.25, 0.3) is 0 Å². The van der Waals surface area contributed by atoms with Crippen LogP contribution in [0.1, 0.15) is 26.3 Å². The smallest absolute Gasteiger partial charge is 0.126 e. The van der Waals surface area contributed by atoms with Gasteiger partial charge in [0, 0.05) is 23.6 Å². The van der Waals surface area contributed by atoms with Crippen LogP contribution in [0.15, 0.2) is 18.2 Å². The Labute approximate surface area is 110 Å². The molecule has 18 heavy (non-hydrogen) atoms. The van der Waals surface area contributed by atoms with Crippen molar-refractivity contribution in [1.82, 2.24) is 5.32 Å². The minimum Gasteiger partial charge on any atom is -0.497 e. The van der Waals surface area contributed by atoms with Gasteiger partial charge in [0.2, 0.25) is 0 Å². The summed E-state index contributed by atoms with van der Waals surface area (Å²) < 4.78 is 10.8. The molecular weight excluding hydrogens is 226 g/mol. The number of hydrogen-bond donors (Lipinski definition) is 1. The second-order valence-corrected chi connectivity index (χ2v) is 5.17. The lowest BCUT2D eigenvalue weighted by Crippen LogP contribution is -2.38. The van der Waals surface area contributed by atoms with Crippen LogP contribution in [0.3, 0.4) is 0 Å². The predicted octanol–water partition coefficient (Wildman–Crippen LogP) is 2.84. The summed E-state index contributed by atoms with van der Waals surface area (Å²) in [5.41, 5.74) is 1.25. The zero-order valence-electron chi connectivity index (χ0n) is 12.3. The molecule has 1 rings (SSSR count). The average Bonchev–Trinajstić information content (AvgIpc) is 2.37. The Morgan fingerprint density at radius 3 is 2.33 bits per heavy atom. The lowest BCUT2D eigenvalue weighted by atomic mass is 9.73. The molecular formula is C15H25NO2. The van der Waals surface area contributed by atoms with Gasteiger partial charge in [-0.15, -0.1) is 0 Å². The largest absolute Gasteiger partial charge is 0.497 e. The summed E-state index contributed by atoms with van der Waals surface area (Å²) >= 11 is 0. The van der Waals surface area contributed by atoms with Crippen molar-refractivity contribution in [2.24, 2.45) is 5.92 Å². The quantitative estimate of drug-likeness (QED) is 0.843. The Balaban J connectivity index is 3.27. The summed E-state index contributed by atoms with van der Waals surface area (Å²) in [7, 11) is 5.36. The van der Waals surface area contributed by atoms with E-state index in [0.29, 0.717) is 5.92 Å². The van der Waals surface area contributed by atoms with Crippen molar-refractivity contribution in [2.75, 3.05) is 27.8 Å². The SMILES string of the molecule is CNCC(C)(c1ccc(OC)cc1OC)C(C)C. The fourth-order valence-electron chi connectivity index (χ4n) is 2.25. The van der Waals surface area contributed by atoms with Crippen LogP contribution < -0.4 is 14.8 Å². The standard InChI is InChI=1S/C15H25NO2/c1-11(2)15(3,10-16-4)13-8-7-12(17-5)9-14(13)18-6/h7-9,11,16H,10H2,1-6H3. The first kappa shape index (κ1) is 14.8. The van der Waals surface area contributed by atoms with E-state index in [2.05, 4.69) is 32.2 Å². The third-order valence-electron chi connectivity index (χ3n) is 3.84. The molecule has 0 amide bonds. The molecule has 0 heterocycles. The van der Waals surface area contributed by atoms with Crippen LogP contribution >= 0.6 is 0 Å². The zero-order valence-corrected chi connectivity index (χ0v) is 12.3. The number of methoxy groups -OCH3 is 2. The van der Waals surface area contributed by atoms with E-state index in [4.69, 9.17) is 9.47 Å². The highest BCUT2D eigenvalue weighted by molar-refractivity contribution is 5.45. The number of hydrogen-bond acceptors (Lipinski definition) is 3. The lowest BCUT2D eigenvalue weighted by molar-refractivity contribution is 0.307. The maximum absolute atomic E-state index is 5.52. The molecule has 1 aromatic carbocycles. The highest BCUT2D eigenvalue weighted by atomic mass is 16.5. The molecule has 0 aliphatic rings. The molecule has 102 valence electrons. The van der Waals surface area contributed by atoms with Crippen LogP contribution in [0, 0.1) is 5.92 Å². The summed E-state index contributed by atoms with van der Waals surface area (Å²) in [5.74, 6) is 2.22. The van der Waals surface area contributed by atoms with E-state index < -0.39 is 0 Å². The highest BCUT2D eigenvalue weighted by Gasteiger charge is 2.32. The summed E-state index contributed by atoms with van der Waals surface area (Å²) in [6, 6.07) is 6.05. The molecule has 0 saturated carbocycles. The minimum atomic E-state index is 0.0341. The van der Waals surface area contributed by atoms with E-state index in [0.717, 1.165) is 18.0 Å². The molecule has 0 aliphatic carbocycles. The number of likely N-dealkylation sites (N-methyl/N-ethyl adjacent to an activating group) is 1. The number of ether oxygens (including phenoxy) is 2. The van der Waals surface area contributed by atoms with Gasteiger partial charge in [-0.1, -0.05) is 26.8 Å². The van der Waals surface area contributed by atoms with Crippen molar-refractivity contribution < 1.29 is 9.47 Å². The molecule has 0 radical (unpaired) electrons. The molecule has 0 aliphatic heterocycles. The highest BCUT2D eigenvalue weighted by Crippen LogP contribution is 2.38. The van der Waals surface area contributed by atoms with E-state index in [1.165, 1.54) is 5.56 Å². The third-order valence-corrected chi connectivity index (χ3v) is 3.84. The van der Waals surface area contributed by atoms with Crippen molar-refractivity contribution in [3.63, 3.8) is 0 Å². The molecule has 1 atom stereocenters. The van der Waals surface area contributed by atoms with E-state index in [-0.39, 0.29) is 5.41 Å². The molecule has 1 aromatic rings. The zero-order chi connectivity index (χ0) is 13.8. The van der Waals surface area contributed by atoms with Crippen LogP contribution in [-0.4, -0.2) is 27.8 Å². The van der Waals surface area contributed by atoms with Gasteiger partial charge in [-0.3, -0.25) is 0 Å². The van der Waals surface area contributed by atoms with Crippen molar-refractivity contribution in [3.8, 4) is 11.5 Å². The van der Waals surface area contributed by atoms with Gasteiger partial charge < -0.3 is 14.8 Å². The van der Waals surface area contributed by atoms with Gasteiger partial charge in [-0.25, -0.2) is 0 Å². The van der Waals surface area contributed by atoms with Gasteiger partial charge in [0.1, 0.15) is 11.5 Å². The second-order valence-electron chi connectivity index (χ2n) is 5.17. The second kappa shape index (κ2) is 6.10. The van der Waals surface area contributed by atoms with Gasteiger partial charge in [0.05, 0.1) is 14.2 Å². The van der Waals surface area contributed by atoms with E-state index in [9.17, 15) is 0 Å². The number of benzene rings is 1. The van der Waals surface area contributed by atoms with Crippen molar-refractivity contribution in [3.05, 3.63) is 23.8 Å². The Hall–Kier alpha value is -1.22. The van der Waals surface area contributed by atoms with Crippen LogP contribution in [0.4, 0.5) is 0 Å². The van der Waals surface area contributed by atoms with Crippen LogP contribution in [0.5, 0.6) is 11.5 Å². The van der Waals surface area contributed by atoms with Crippen LogP contribution in [0.25, 0.3) is 0 Å². The topological polar surface area (TPSA) is 30.5 Å². The van der Waals surface area contributed by atoms with Crippen LogP contribution in [-0.2, 0) is 5.41 Å². The van der Waals surface area contributed by atoms with Crippen LogP contribution in [0.2, 0.25) is 0 Å². The van der Waals surface area contributed by atoms with E-state index in [1.54, 1.807) is 14.2 Å². The molecule has 0 fully saturated rings. The van der Waals surface area contributed by atoms with E-state index >= 15 is 0 Å². The summed E-state index contributed by atoms with van der Waals surface area (Å²) in [5, 5.41) is 3.28. The van der Waals surface area contributed by atoms with Crippen molar-refractivity contribution in [2.45, 2.75) is 26.2 Å². The Kier molecular flexibility index (Phi) is 5.03. The first-order chi connectivity index (χ1) is 8.49. The Morgan fingerprint density at radius 2 is 1.89 bits per heavy atom. The Morgan fingerprint density at radius 1 is 1.22 bits per heavy atom. The molecule has 0 bridgehead atoms. The van der Waals surface area contributed by atoms with Crippen molar-refractivity contribution >= 4 is 0 Å². The molecule has 3 heteroatoms. The summed E-state index contributed by atoms with van der Waals surface area (Å²) in [6.07, 6.45) is 0. The van der Waals surface area contributed by atoms with Gasteiger partial charge in [-0.2, -0.15) is 0 Å². The van der Waals surface area contributed by atoms with Gasteiger partial charge >= 0.3 is 0 Å². The molecule has 1 N–H and O–H groups in total. The first-order valence-corrected chi connectivity index (χ1v) is 6.36. The third kappa shape index (κ3) is 2.78. The lowest BCUT2D eigenvalue weighted by Gasteiger charge is -2.35. The normalized spacial score (nSPS) is 14.4. The molecule has 3 nitrogen and oxygen atoms in total. The number of rotatable bonds is 6. The molecule has 0 saturated heterocycles. The Bertz CT molecular complexity index is 390. The van der Waals surface area contributed by atoms with Crippen molar-refractivity contribution in [1.29, 1.82) is 0 Å². The molecule has 0 aromatic heterocycles. The molecule has 0 spiro atoms. The van der Waals surface area contributed by atoms with Gasteiger partial charge in [-0.05, 0) is 19.0 Å². The first-order valence-electron chi connectivity index (χ1n) is 6.36. The monoisotopic (exact) mass is 251 g/mol. The maximum atomic E-state index is 5.52. The minimum absolute atomic E-state index is 0.0341. The summed E-state index contributed by atoms with van der Waals surface area (Å²) in [6.45, 7) is 7.65. The maximum Gasteiger partial charge on any atom is 0.126 e. The van der Waals surface area contributed by atoms with E-state index in [1.807, 2.05) is 19.2 Å². The van der Waals surface area contributed by atoms with Gasteiger partial charge in [0.15, 0.2) is 0 Å². The summed E-state index contributed by atoms with van der Waals surface area (Å²) in [4.78, 5) is 0. The number of nitrogens with one attached hydrogen (secondary N) is 1. The molecule has 1 unspecified atom stereocenters. The fourth-order valence-corrected chi connectivity index (χ4v) is 2.25. The average molecular weight is 251 g/mol. The predicted molar refractivity (Wildman–Crippen MR) is 75.7 cm³/mol. The fraction of sp³-hybridized carbons (Fsp3) is 0.600.